The summed E-state index contributed by atoms with van der Waals surface area (Å²) in [6.45, 7) is 0.913. The average Bonchev–Trinajstić information content (AvgIpc) is 2.39. The van der Waals surface area contributed by atoms with Gasteiger partial charge in [-0.3, -0.25) is 0 Å². The molecule has 3 N–H and O–H groups in total. The third-order valence-corrected chi connectivity index (χ3v) is 5.48. The van der Waals surface area contributed by atoms with Gasteiger partial charge in [0.25, 0.3) is 0 Å². The molecular weight excluding hydrogens is 250 g/mol. The van der Waals surface area contributed by atoms with Gasteiger partial charge in [-0.05, 0) is 12.1 Å². The van der Waals surface area contributed by atoms with Crippen LogP contribution in [0.1, 0.15) is 5.56 Å². The maximum atomic E-state index is 8.89. The zero-order valence-corrected chi connectivity index (χ0v) is 11.1. The highest BCUT2D eigenvalue weighted by Crippen LogP contribution is 2.26. The van der Waals surface area contributed by atoms with E-state index in [0.29, 0.717) is 16.5 Å². The lowest BCUT2D eigenvalue weighted by atomic mass is 10.1. The average molecular weight is 265 g/mol. The Morgan fingerprint density at radius 3 is 3.06 bits per heavy atom. The highest BCUT2D eigenvalue weighted by molar-refractivity contribution is 8.06. The van der Waals surface area contributed by atoms with Gasteiger partial charge in [0.15, 0.2) is 0 Å². The van der Waals surface area contributed by atoms with Crippen LogP contribution in [0.3, 0.4) is 0 Å². The Bertz CT molecular complexity index is 422. The smallest absolute Gasteiger partial charge is 0.101 e. The van der Waals surface area contributed by atoms with E-state index < -0.39 is 0 Å². The predicted octanol–water partition coefficient (Wildman–Crippen LogP) is 2.40. The molecule has 5 heteroatoms. The van der Waals surface area contributed by atoms with Crippen molar-refractivity contribution in [3.63, 3.8) is 0 Å². The van der Waals surface area contributed by atoms with Gasteiger partial charge in [0.1, 0.15) is 6.07 Å². The number of nitrogens with zero attached hydrogens (tertiary/aromatic N) is 1. The number of para-hydroxylation sites is 1. The first-order valence-corrected chi connectivity index (χ1v) is 7.73. The Morgan fingerprint density at radius 2 is 2.35 bits per heavy atom. The van der Waals surface area contributed by atoms with Crippen LogP contribution in [0.15, 0.2) is 18.2 Å². The Kier molecular flexibility index (Phi) is 4.46. The van der Waals surface area contributed by atoms with Crippen molar-refractivity contribution in [2.45, 2.75) is 5.25 Å². The number of hydrogen-bond donors (Lipinski definition) is 2. The lowest BCUT2D eigenvalue weighted by Gasteiger charge is -2.22. The fourth-order valence-corrected chi connectivity index (χ4v) is 4.31. The van der Waals surface area contributed by atoms with Gasteiger partial charge in [-0.15, -0.1) is 0 Å². The minimum atomic E-state index is 0.542. The summed E-state index contributed by atoms with van der Waals surface area (Å²) in [6, 6.07) is 7.63. The minimum absolute atomic E-state index is 0.542. The number of rotatable bonds is 3. The van der Waals surface area contributed by atoms with E-state index in [1.54, 1.807) is 6.07 Å². The first-order valence-electron chi connectivity index (χ1n) is 5.53. The van der Waals surface area contributed by atoms with Crippen LogP contribution in [-0.4, -0.2) is 29.1 Å². The highest BCUT2D eigenvalue weighted by Gasteiger charge is 2.14. The quantitative estimate of drug-likeness (QED) is 0.822. The first kappa shape index (κ1) is 12.5. The molecule has 1 aliphatic rings. The van der Waals surface area contributed by atoms with Crippen molar-refractivity contribution in [3.05, 3.63) is 23.8 Å². The number of nitriles is 1. The summed E-state index contributed by atoms with van der Waals surface area (Å²) in [4.78, 5) is 0. The van der Waals surface area contributed by atoms with Crippen molar-refractivity contribution in [1.29, 1.82) is 5.26 Å². The van der Waals surface area contributed by atoms with Crippen molar-refractivity contribution in [3.8, 4) is 6.07 Å². The normalized spacial score (nSPS) is 19.6. The van der Waals surface area contributed by atoms with E-state index in [4.69, 9.17) is 11.0 Å². The second-order valence-electron chi connectivity index (χ2n) is 3.83. The summed E-state index contributed by atoms with van der Waals surface area (Å²) in [5.41, 5.74) is 7.89. The van der Waals surface area contributed by atoms with Crippen LogP contribution < -0.4 is 11.1 Å². The largest absolute Gasteiger partial charge is 0.396 e. The van der Waals surface area contributed by atoms with E-state index in [1.165, 1.54) is 17.3 Å². The SMILES string of the molecule is N#Cc1cccc(NCC2CSCCS2)c1N. The van der Waals surface area contributed by atoms with Gasteiger partial charge in [0.2, 0.25) is 0 Å². The van der Waals surface area contributed by atoms with Gasteiger partial charge in [0, 0.05) is 29.1 Å². The van der Waals surface area contributed by atoms with Crippen LogP contribution in [-0.2, 0) is 0 Å². The molecule has 90 valence electrons. The molecule has 0 saturated carbocycles. The van der Waals surface area contributed by atoms with Crippen LogP contribution in [0.5, 0.6) is 0 Å². The lowest BCUT2D eigenvalue weighted by molar-refractivity contribution is 1.01. The highest BCUT2D eigenvalue weighted by atomic mass is 32.2. The van der Waals surface area contributed by atoms with Crippen LogP contribution in [0.25, 0.3) is 0 Å². The van der Waals surface area contributed by atoms with Gasteiger partial charge >= 0.3 is 0 Å². The monoisotopic (exact) mass is 265 g/mol. The first-order chi connectivity index (χ1) is 8.31. The Hall–Kier alpha value is -0.990. The topological polar surface area (TPSA) is 61.8 Å². The molecule has 2 rings (SSSR count). The molecule has 0 aliphatic carbocycles. The van der Waals surface area contributed by atoms with Crippen LogP contribution >= 0.6 is 23.5 Å². The Labute approximate surface area is 110 Å². The molecular formula is C12H15N3S2. The zero-order valence-electron chi connectivity index (χ0n) is 9.48. The molecule has 1 heterocycles. The van der Waals surface area contributed by atoms with Crippen LogP contribution in [0.2, 0.25) is 0 Å². The number of nitrogen functional groups attached to an aromatic ring is 1. The molecule has 17 heavy (non-hydrogen) atoms. The Balaban J connectivity index is 1.96. The van der Waals surface area contributed by atoms with E-state index in [2.05, 4.69) is 11.4 Å². The number of nitrogens with one attached hydrogen (secondary N) is 1. The van der Waals surface area contributed by atoms with Crippen molar-refractivity contribution >= 4 is 34.9 Å². The van der Waals surface area contributed by atoms with Gasteiger partial charge < -0.3 is 11.1 Å². The van der Waals surface area contributed by atoms with E-state index in [9.17, 15) is 0 Å². The maximum absolute atomic E-state index is 8.89. The molecule has 1 aliphatic heterocycles. The van der Waals surface area contributed by atoms with Gasteiger partial charge in [-0.2, -0.15) is 28.8 Å². The summed E-state index contributed by atoms with van der Waals surface area (Å²) >= 11 is 4.01. The molecule has 1 fully saturated rings. The second kappa shape index (κ2) is 6.08. The fourth-order valence-electron chi connectivity index (χ4n) is 1.70. The number of anilines is 2. The lowest BCUT2D eigenvalue weighted by Crippen LogP contribution is -2.23. The van der Waals surface area contributed by atoms with Crippen LogP contribution in [0.4, 0.5) is 11.4 Å². The Morgan fingerprint density at radius 1 is 1.47 bits per heavy atom. The summed E-state index contributed by atoms with van der Waals surface area (Å²) < 4.78 is 0. The molecule has 3 nitrogen and oxygen atoms in total. The molecule has 1 aromatic rings. The van der Waals surface area contributed by atoms with Crippen molar-refractivity contribution in [2.75, 3.05) is 34.9 Å². The van der Waals surface area contributed by atoms with Crippen molar-refractivity contribution < 1.29 is 0 Å². The number of nitrogens with two attached hydrogens (primary N) is 1. The summed E-state index contributed by atoms with van der Waals surface area (Å²) in [6.07, 6.45) is 0. The third-order valence-electron chi connectivity index (χ3n) is 2.63. The van der Waals surface area contributed by atoms with E-state index >= 15 is 0 Å². The molecule has 0 aromatic heterocycles. The standard InChI is InChI=1S/C12H15N3S2/c13-6-9-2-1-3-11(12(9)14)15-7-10-8-16-4-5-17-10/h1-3,10,15H,4-5,7-8,14H2. The van der Waals surface area contributed by atoms with Crippen LogP contribution in [0, 0.1) is 11.3 Å². The van der Waals surface area contributed by atoms with Gasteiger partial charge in [0.05, 0.1) is 16.9 Å². The number of hydrogen-bond acceptors (Lipinski definition) is 5. The summed E-state index contributed by atoms with van der Waals surface area (Å²) in [5.74, 6) is 3.67. The molecule has 1 aromatic carbocycles. The van der Waals surface area contributed by atoms with Crippen molar-refractivity contribution in [1.82, 2.24) is 0 Å². The van der Waals surface area contributed by atoms with E-state index in [0.717, 1.165) is 12.2 Å². The minimum Gasteiger partial charge on any atom is -0.396 e. The van der Waals surface area contributed by atoms with Crippen molar-refractivity contribution in [2.24, 2.45) is 0 Å². The molecule has 1 unspecified atom stereocenters. The van der Waals surface area contributed by atoms with E-state index in [-0.39, 0.29) is 0 Å². The summed E-state index contributed by atoms with van der Waals surface area (Å²) in [5, 5.41) is 12.9. The van der Waals surface area contributed by atoms with Gasteiger partial charge in [-0.25, -0.2) is 0 Å². The molecule has 0 radical (unpaired) electrons. The second-order valence-corrected chi connectivity index (χ2v) is 6.39. The fraction of sp³-hybridized carbons (Fsp3) is 0.417. The molecule has 0 bridgehead atoms. The predicted molar refractivity (Wildman–Crippen MR) is 77.6 cm³/mol. The molecule has 1 atom stereocenters. The third kappa shape index (κ3) is 3.24. The summed E-state index contributed by atoms with van der Waals surface area (Å²) in [7, 11) is 0. The maximum Gasteiger partial charge on any atom is 0.101 e. The molecule has 1 saturated heterocycles. The zero-order chi connectivity index (χ0) is 12.1. The van der Waals surface area contributed by atoms with Gasteiger partial charge in [-0.1, -0.05) is 6.07 Å². The molecule has 0 spiro atoms. The number of benzene rings is 1. The molecule has 0 amide bonds. The van der Waals surface area contributed by atoms with E-state index in [1.807, 2.05) is 35.7 Å². The number of thioether (sulfide) groups is 2.